The van der Waals surface area contributed by atoms with Crippen LogP contribution in [0.3, 0.4) is 0 Å². The first-order valence-corrected chi connectivity index (χ1v) is 7.63. The van der Waals surface area contributed by atoms with E-state index in [0.717, 1.165) is 24.3 Å². The number of rotatable bonds is 3. The summed E-state index contributed by atoms with van der Waals surface area (Å²) in [5.74, 6) is 3.79. The number of benzene rings is 1. The zero-order chi connectivity index (χ0) is 13.4. The first-order valence-electron chi connectivity index (χ1n) is 7.63. The molecule has 2 unspecified atom stereocenters. The average Bonchev–Trinajstić information content (AvgIpc) is 2.86. The van der Waals surface area contributed by atoms with Crippen molar-refractivity contribution in [1.82, 2.24) is 4.90 Å². The predicted molar refractivity (Wildman–Crippen MR) is 78.3 cm³/mol. The largest absolute Gasteiger partial charge is 0.508 e. The summed E-state index contributed by atoms with van der Waals surface area (Å²) in [5.41, 5.74) is 1.34. The van der Waals surface area contributed by atoms with Crippen LogP contribution in [-0.4, -0.2) is 29.6 Å². The van der Waals surface area contributed by atoms with Gasteiger partial charge in [-0.05, 0) is 54.2 Å². The Bertz CT molecular complexity index is 413. The molecule has 1 saturated heterocycles. The lowest BCUT2D eigenvalue weighted by Gasteiger charge is -2.22. The Balaban J connectivity index is 1.56. The zero-order valence-electron chi connectivity index (χ0n) is 12.0. The molecule has 1 N–H and O–H groups in total. The average molecular weight is 259 g/mol. The van der Waals surface area contributed by atoms with Crippen molar-refractivity contribution < 1.29 is 5.11 Å². The lowest BCUT2D eigenvalue weighted by molar-refractivity contribution is 0.287. The normalized spacial score (nSPS) is 32.4. The van der Waals surface area contributed by atoms with Gasteiger partial charge in [-0.3, -0.25) is 0 Å². The fourth-order valence-corrected chi connectivity index (χ4v) is 4.14. The van der Waals surface area contributed by atoms with Gasteiger partial charge < -0.3 is 10.0 Å². The molecule has 0 radical (unpaired) electrons. The third kappa shape index (κ3) is 2.79. The number of nitrogens with zero attached hydrogens (tertiary/aromatic N) is 1. The van der Waals surface area contributed by atoms with Crippen molar-refractivity contribution in [2.24, 2.45) is 17.8 Å². The Hall–Kier alpha value is -1.02. The van der Waals surface area contributed by atoms with Gasteiger partial charge in [0.2, 0.25) is 0 Å². The molecule has 0 bridgehead atoms. The summed E-state index contributed by atoms with van der Waals surface area (Å²) in [6.45, 7) is 8.46. The molecule has 2 heteroatoms. The monoisotopic (exact) mass is 259 g/mol. The van der Waals surface area contributed by atoms with Crippen LogP contribution < -0.4 is 0 Å². The number of fused-ring (bicyclic) bond motifs is 1. The summed E-state index contributed by atoms with van der Waals surface area (Å²) in [5, 5.41) is 9.35. The highest BCUT2D eigenvalue weighted by Gasteiger charge is 2.39. The van der Waals surface area contributed by atoms with Gasteiger partial charge in [0, 0.05) is 19.6 Å². The van der Waals surface area contributed by atoms with Crippen molar-refractivity contribution in [3.05, 3.63) is 29.8 Å². The minimum atomic E-state index is 0.362. The second-order valence-electron chi connectivity index (χ2n) is 6.81. The highest BCUT2D eigenvalue weighted by molar-refractivity contribution is 5.28. The van der Waals surface area contributed by atoms with Gasteiger partial charge in [-0.2, -0.15) is 0 Å². The number of phenolic OH excluding ortho intramolecular Hbond substituents is 1. The third-order valence-corrected chi connectivity index (χ3v) is 5.06. The van der Waals surface area contributed by atoms with E-state index in [2.05, 4.69) is 30.9 Å². The van der Waals surface area contributed by atoms with E-state index in [0.29, 0.717) is 11.7 Å². The van der Waals surface area contributed by atoms with E-state index in [-0.39, 0.29) is 0 Å². The van der Waals surface area contributed by atoms with Crippen molar-refractivity contribution in [1.29, 1.82) is 0 Å². The number of likely N-dealkylation sites (tertiary alicyclic amines) is 1. The van der Waals surface area contributed by atoms with Crippen LogP contribution in [0.5, 0.6) is 5.75 Å². The molecule has 1 saturated carbocycles. The first-order chi connectivity index (χ1) is 9.11. The van der Waals surface area contributed by atoms with Gasteiger partial charge in [0.25, 0.3) is 0 Å². The lowest BCUT2D eigenvalue weighted by Crippen LogP contribution is -2.26. The molecule has 19 heavy (non-hydrogen) atoms. The molecular formula is C17H25NO. The zero-order valence-corrected chi connectivity index (χ0v) is 12.0. The summed E-state index contributed by atoms with van der Waals surface area (Å²) in [7, 11) is 0. The van der Waals surface area contributed by atoms with Gasteiger partial charge in [-0.15, -0.1) is 0 Å². The highest BCUT2D eigenvalue weighted by atomic mass is 16.3. The van der Waals surface area contributed by atoms with E-state index < -0.39 is 0 Å². The lowest BCUT2D eigenvalue weighted by atomic mass is 10.0. The van der Waals surface area contributed by atoms with Crippen LogP contribution in [0, 0.1) is 17.8 Å². The van der Waals surface area contributed by atoms with E-state index >= 15 is 0 Å². The molecule has 1 heterocycles. The molecule has 1 aromatic carbocycles. The van der Waals surface area contributed by atoms with Crippen molar-refractivity contribution in [3.63, 3.8) is 0 Å². The molecule has 4 atom stereocenters. The van der Waals surface area contributed by atoms with Crippen LogP contribution in [-0.2, 0) is 0 Å². The van der Waals surface area contributed by atoms with Crippen LogP contribution in [0.4, 0.5) is 0 Å². The van der Waals surface area contributed by atoms with Gasteiger partial charge in [-0.1, -0.05) is 26.0 Å². The van der Waals surface area contributed by atoms with Crippen molar-refractivity contribution in [3.8, 4) is 5.75 Å². The minimum absolute atomic E-state index is 0.362. The molecule has 0 amide bonds. The maximum atomic E-state index is 9.35. The minimum Gasteiger partial charge on any atom is -0.508 e. The summed E-state index contributed by atoms with van der Waals surface area (Å²) in [6.07, 6.45) is 2.88. The van der Waals surface area contributed by atoms with E-state index in [1.807, 2.05) is 0 Å². The molecule has 104 valence electrons. The molecule has 0 aromatic heterocycles. The van der Waals surface area contributed by atoms with Gasteiger partial charge >= 0.3 is 0 Å². The van der Waals surface area contributed by atoms with Crippen molar-refractivity contribution in [2.45, 2.75) is 32.6 Å². The van der Waals surface area contributed by atoms with Crippen molar-refractivity contribution >= 4 is 0 Å². The van der Waals surface area contributed by atoms with E-state index in [4.69, 9.17) is 0 Å². The first kappa shape index (κ1) is 13.0. The van der Waals surface area contributed by atoms with E-state index in [1.165, 1.54) is 31.5 Å². The fourth-order valence-electron chi connectivity index (χ4n) is 4.14. The summed E-state index contributed by atoms with van der Waals surface area (Å²) in [4.78, 5) is 2.65. The molecule has 3 rings (SSSR count). The second-order valence-corrected chi connectivity index (χ2v) is 6.81. The summed E-state index contributed by atoms with van der Waals surface area (Å²) < 4.78 is 0. The molecule has 1 aliphatic heterocycles. The molecule has 1 aromatic rings. The Kier molecular flexibility index (Phi) is 3.53. The number of phenols is 1. The van der Waals surface area contributed by atoms with E-state index in [1.54, 1.807) is 12.1 Å². The SMILES string of the molecule is CC1C[C@@H]2CN(CC(C)c3ccc(O)cc3)C[C@@H]2C1. The predicted octanol–water partition coefficient (Wildman–Crippen LogP) is 3.47. The second kappa shape index (κ2) is 5.16. The molecule has 2 fully saturated rings. The number of aromatic hydroxyl groups is 1. The summed E-state index contributed by atoms with van der Waals surface area (Å²) in [6, 6.07) is 7.70. The standard InChI is InChI=1S/C17H25NO/c1-12-7-15-10-18(11-16(15)8-12)9-13(2)14-3-5-17(19)6-4-14/h3-6,12-13,15-16,19H,7-11H2,1-2H3/t12?,13?,15-,16+. The molecular weight excluding hydrogens is 234 g/mol. The Labute approximate surface area is 116 Å². The van der Waals surface area contributed by atoms with Crippen molar-refractivity contribution in [2.75, 3.05) is 19.6 Å². The Morgan fingerprint density at radius 3 is 2.32 bits per heavy atom. The summed E-state index contributed by atoms with van der Waals surface area (Å²) >= 11 is 0. The topological polar surface area (TPSA) is 23.5 Å². The maximum Gasteiger partial charge on any atom is 0.115 e. The quantitative estimate of drug-likeness (QED) is 0.898. The highest BCUT2D eigenvalue weighted by Crippen LogP contribution is 2.41. The molecule has 0 spiro atoms. The Morgan fingerprint density at radius 2 is 1.74 bits per heavy atom. The van der Waals surface area contributed by atoms with Crippen LogP contribution in [0.2, 0.25) is 0 Å². The molecule has 2 nitrogen and oxygen atoms in total. The van der Waals surface area contributed by atoms with Gasteiger partial charge in [0.15, 0.2) is 0 Å². The fraction of sp³-hybridized carbons (Fsp3) is 0.647. The molecule has 1 aliphatic carbocycles. The number of hydrogen-bond donors (Lipinski definition) is 1. The van der Waals surface area contributed by atoms with Crippen LogP contribution >= 0.6 is 0 Å². The van der Waals surface area contributed by atoms with Gasteiger partial charge in [0.05, 0.1) is 0 Å². The number of hydrogen-bond acceptors (Lipinski definition) is 2. The van der Waals surface area contributed by atoms with Crippen LogP contribution in [0.25, 0.3) is 0 Å². The molecule has 2 aliphatic rings. The smallest absolute Gasteiger partial charge is 0.115 e. The third-order valence-electron chi connectivity index (χ3n) is 5.06. The van der Waals surface area contributed by atoms with Crippen LogP contribution in [0.15, 0.2) is 24.3 Å². The van der Waals surface area contributed by atoms with Gasteiger partial charge in [-0.25, -0.2) is 0 Å². The maximum absolute atomic E-state index is 9.35. The van der Waals surface area contributed by atoms with Gasteiger partial charge in [0.1, 0.15) is 5.75 Å². The van der Waals surface area contributed by atoms with E-state index in [9.17, 15) is 5.11 Å². The Morgan fingerprint density at radius 1 is 1.16 bits per heavy atom. The van der Waals surface area contributed by atoms with Crippen LogP contribution in [0.1, 0.15) is 38.2 Å².